The maximum atomic E-state index is 6.21. The molecule has 3 aromatic heterocycles. The van der Waals surface area contributed by atoms with Crippen LogP contribution in [0.4, 0.5) is 0 Å². The molecule has 0 radical (unpaired) electrons. The Balaban J connectivity index is 1.64. The van der Waals surface area contributed by atoms with E-state index in [1.807, 2.05) is 18.3 Å². The summed E-state index contributed by atoms with van der Waals surface area (Å²) in [6.45, 7) is 11.1. The zero-order chi connectivity index (χ0) is 23.2. The molecule has 4 nitrogen and oxygen atoms in total. The number of hydrogen-bond acceptors (Lipinski definition) is 4. The van der Waals surface area contributed by atoms with Crippen molar-refractivity contribution < 1.29 is 4.42 Å². The molecule has 0 saturated carbocycles. The van der Waals surface area contributed by atoms with E-state index in [4.69, 9.17) is 4.42 Å². The van der Waals surface area contributed by atoms with E-state index in [1.165, 1.54) is 16.3 Å². The molecular weight excluding hydrogens is 406 g/mol. The average Bonchev–Trinajstić information content (AvgIpc) is 3.19. The summed E-state index contributed by atoms with van der Waals surface area (Å²) in [6, 6.07) is 19.1. The highest BCUT2D eigenvalue weighted by molar-refractivity contribution is 5.92. The summed E-state index contributed by atoms with van der Waals surface area (Å²) < 4.78 is 6.21. The predicted octanol–water partition coefficient (Wildman–Crippen LogP) is 7.60. The largest absolute Gasteiger partial charge is 0.459 e. The van der Waals surface area contributed by atoms with Crippen LogP contribution in [0.1, 0.15) is 45.9 Å². The molecule has 5 rings (SSSR count). The predicted molar refractivity (Wildman–Crippen MR) is 135 cm³/mol. The maximum Gasteiger partial charge on any atom is 0.162 e. The first kappa shape index (κ1) is 21.3. The molecular formula is C29H29N3O. The van der Waals surface area contributed by atoms with Crippen LogP contribution in [0.2, 0.25) is 0 Å². The number of pyridine rings is 1. The fraction of sp³-hybridized carbons (Fsp3) is 0.276. The quantitative estimate of drug-likeness (QED) is 0.292. The molecule has 0 saturated heterocycles. The minimum Gasteiger partial charge on any atom is -0.459 e. The van der Waals surface area contributed by atoms with Gasteiger partial charge in [0, 0.05) is 23.6 Å². The average molecular weight is 436 g/mol. The standard InChI is InChI=1S/C29H29N3O/c1-18(2)12-22-14-20-10-11-30-27(28(20)33-22)26-16-25(31-17-32-26)21-13-19-8-6-7-9-23(19)24(15-21)29(3,4)5/h6-11,13-18H,12H2,1-5H3. The molecule has 3 heterocycles. The van der Waals surface area contributed by atoms with Gasteiger partial charge in [0.05, 0.1) is 11.4 Å². The molecule has 166 valence electrons. The van der Waals surface area contributed by atoms with Crippen molar-refractivity contribution in [2.75, 3.05) is 0 Å². The normalized spacial score (nSPS) is 12.2. The SMILES string of the molecule is CC(C)Cc1cc2ccnc(-c3cc(-c4cc(C(C)(C)C)c5ccccc5c4)ncn3)c2o1. The molecule has 2 aromatic carbocycles. The number of furan rings is 1. The molecule has 0 amide bonds. The van der Waals surface area contributed by atoms with Crippen LogP contribution in [-0.4, -0.2) is 15.0 Å². The van der Waals surface area contributed by atoms with Gasteiger partial charge in [0.25, 0.3) is 0 Å². The van der Waals surface area contributed by atoms with Crippen molar-refractivity contribution in [2.45, 2.75) is 46.5 Å². The fourth-order valence-electron chi connectivity index (χ4n) is 4.43. The van der Waals surface area contributed by atoms with Crippen molar-refractivity contribution in [3.05, 3.63) is 78.4 Å². The van der Waals surface area contributed by atoms with Crippen LogP contribution < -0.4 is 0 Å². The van der Waals surface area contributed by atoms with Crippen LogP contribution in [0.15, 0.2) is 71.5 Å². The number of rotatable bonds is 4. The third-order valence-electron chi connectivity index (χ3n) is 5.97. The molecule has 0 N–H and O–H groups in total. The van der Waals surface area contributed by atoms with Gasteiger partial charge >= 0.3 is 0 Å². The highest BCUT2D eigenvalue weighted by Gasteiger charge is 2.19. The number of fused-ring (bicyclic) bond motifs is 2. The molecule has 0 atom stereocenters. The lowest BCUT2D eigenvalue weighted by Gasteiger charge is -2.22. The van der Waals surface area contributed by atoms with Crippen LogP contribution in [-0.2, 0) is 11.8 Å². The highest BCUT2D eigenvalue weighted by Crippen LogP contribution is 2.35. The Hall–Kier alpha value is -3.53. The van der Waals surface area contributed by atoms with Crippen molar-refractivity contribution in [2.24, 2.45) is 5.92 Å². The van der Waals surface area contributed by atoms with E-state index in [-0.39, 0.29) is 5.41 Å². The first-order valence-electron chi connectivity index (χ1n) is 11.5. The lowest BCUT2D eigenvalue weighted by molar-refractivity contribution is 0.500. The van der Waals surface area contributed by atoms with Gasteiger partial charge in [0.1, 0.15) is 17.8 Å². The summed E-state index contributed by atoms with van der Waals surface area (Å²) in [7, 11) is 0. The molecule has 33 heavy (non-hydrogen) atoms. The zero-order valence-corrected chi connectivity index (χ0v) is 19.9. The van der Waals surface area contributed by atoms with Crippen LogP contribution in [0.5, 0.6) is 0 Å². The van der Waals surface area contributed by atoms with Crippen molar-refractivity contribution in [3.8, 4) is 22.6 Å². The number of benzene rings is 2. The monoisotopic (exact) mass is 435 g/mol. The van der Waals surface area contributed by atoms with Crippen molar-refractivity contribution in [1.82, 2.24) is 15.0 Å². The lowest BCUT2D eigenvalue weighted by atomic mass is 9.82. The van der Waals surface area contributed by atoms with Crippen LogP contribution in [0.25, 0.3) is 44.4 Å². The number of nitrogens with zero attached hydrogens (tertiary/aromatic N) is 3. The molecule has 0 spiro atoms. The maximum absolute atomic E-state index is 6.21. The Bertz CT molecular complexity index is 1460. The van der Waals surface area contributed by atoms with E-state index in [1.54, 1.807) is 6.33 Å². The molecule has 0 unspecified atom stereocenters. The van der Waals surface area contributed by atoms with E-state index in [0.29, 0.717) is 5.92 Å². The van der Waals surface area contributed by atoms with Crippen LogP contribution >= 0.6 is 0 Å². The summed E-state index contributed by atoms with van der Waals surface area (Å²) in [5.41, 5.74) is 5.58. The van der Waals surface area contributed by atoms with E-state index in [2.05, 4.69) is 92.0 Å². The van der Waals surface area contributed by atoms with Gasteiger partial charge in [-0.05, 0) is 58.0 Å². The number of hydrogen-bond donors (Lipinski definition) is 0. The summed E-state index contributed by atoms with van der Waals surface area (Å²) in [5, 5.41) is 3.55. The van der Waals surface area contributed by atoms with Crippen molar-refractivity contribution >= 4 is 21.7 Å². The third kappa shape index (κ3) is 4.13. The summed E-state index contributed by atoms with van der Waals surface area (Å²) in [6.07, 6.45) is 4.34. The first-order valence-corrected chi connectivity index (χ1v) is 11.5. The molecule has 5 aromatic rings. The molecule has 0 aliphatic rings. The molecule has 4 heteroatoms. The lowest BCUT2D eigenvalue weighted by Crippen LogP contribution is -2.12. The Morgan fingerprint density at radius 3 is 2.42 bits per heavy atom. The van der Waals surface area contributed by atoms with Crippen molar-refractivity contribution in [3.63, 3.8) is 0 Å². The smallest absolute Gasteiger partial charge is 0.162 e. The van der Waals surface area contributed by atoms with Gasteiger partial charge in [-0.2, -0.15) is 0 Å². The van der Waals surface area contributed by atoms with E-state index in [9.17, 15) is 0 Å². The Morgan fingerprint density at radius 1 is 0.848 bits per heavy atom. The fourth-order valence-corrected chi connectivity index (χ4v) is 4.43. The Labute approximate surface area is 194 Å². The van der Waals surface area contributed by atoms with Gasteiger partial charge in [-0.1, -0.05) is 58.9 Å². The first-order chi connectivity index (χ1) is 15.8. The second kappa shape index (κ2) is 8.11. The minimum absolute atomic E-state index is 0.0135. The zero-order valence-electron chi connectivity index (χ0n) is 19.9. The molecule has 0 aliphatic carbocycles. The van der Waals surface area contributed by atoms with Gasteiger partial charge < -0.3 is 4.42 Å². The van der Waals surface area contributed by atoms with E-state index < -0.39 is 0 Å². The minimum atomic E-state index is 0.0135. The Kier molecular flexibility index (Phi) is 5.24. The van der Waals surface area contributed by atoms with Gasteiger partial charge in [-0.15, -0.1) is 0 Å². The summed E-state index contributed by atoms with van der Waals surface area (Å²) >= 11 is 0. The summed E-state index contributed by atoms with van der Waals surface area (Å²) in [5.74, 6) is 1.51. The molecule has 0 fully saturated rings. The highest BCUT2D eigenvalue weighted by atomic mass is 16.3. The van der Waals surface area contributed by atoms with Crippen LogP contribution in [0.3, 0.4) is 0 Å². The molecule has 0 bridgehead atoms. The van der Waals surface area contributed by atoms with Crippen molar-refractivity contribution in [1.29, 1.82) is 0 Å². The van der Waals surface area contributed by atoms with Gasteiger partial charge in [-0.25, -0.2) is 9.97 Å². The van der Waals surface area contributed by atoms with E-state index in [0.717, 1.165) is 45.8 Å². The summed E-state index contributed by atoms with van der Waals surface area (Å²) in [4.78, 5) is 13.8. The Morgan fingerprint density at radius 2 is 1.64 bits per heavy atom. The van der Waals surface area contributed by atoms with E-state index >= 15 is 0 Å². The second-order valence-corrected chi connectivity index (χ2v) is 10.2. The molecule has 0 aliphatic heterocycles. The second-order valence-electron chi connectivity index (χ2n) is 10.2. The van der Waals surface area contributed by atoms with Gasteiger partial charge in [0.2, 0.25) is 0 Å². The number of aromatic nitrogens is 3. The topological polar surface area (TPSA) is 51.8 Å². The van der Waals surface area contributed by atoms with Crippen LogP contribution in [0, 0.1) is 5.92 Å². The van der Waals surface area contributed by atoms with Gasteiger partial charge in [-0.3, -0.25) is 4.98 Å². The van der Waals surface area contributed by atoms with Gasteiger partial charge in [0.15, 0.2) is 5.58 Å². The third-order valence-corrected chi connectivity index (χ3v) is 5.97.